The molecule has 2 rings (SSSR count). The van der Waals surface area contributed by atoms with Gasteiger partial charge in [-0.2, -0.15) is 0 Å². The van der Waals surface area contributed by atoms with Gasteiger partial charge in [0.05, 0.1) is 12.5 Å². The first-order valence-electron chi connectivity index (χ1n) is 6.48. The Labute approximate surface area is 110 Å². The number of rotatable bonds is 3. The van der Waals surface area contributed by atoms with Gasteiger partial charge in [-0.3, -0.25) is 0 Å². The van der Waals surface area contributed by atoms with E-state index in [2.05, 4.69) is 72.8 Å². The van der Waals surface area contributed by atoms with Crippen LogP contribution in [-0.2, 0) is 0 Å². The van der Waals surface area contributed by atoms with Gasteiger partial charge in [0.1, 0.15) is 0 Å². The number of hydrogen-bond donors (Lipinski definition) is 1. The average molecular weight is 245 g/mol. The zero-order valence-electron chi connectivity index (χ0n) is 11.6. The van der Waals surface area contributed by atoms with Gasteiger partial charge in [-0.05, 0) is 32.9 Å². The van der Waals surface area contributed by atoms with Gasteiger partial charge in [0.25, 0.3) is 0 Å². The molecule has 0 amide bonds. The first kappa shape index (κ1) is 12.8. The van der Waals surface area contributed by atoms with Gasteiger partial charge >= 0.3 is 0 Å². The molecule has 1 heterocycles. The summed E-state index contributed by atoms with van der Waals surface area (Å²) in [6.45, 7) is 13.6. The first-order chi connectivity index (χ1) is 8.46. The van der Waals surface area contributed by atoms with Gasteiger partial charge in [0.15, 0.2) is 0 Å². The molecule has 0 saturated carbocycles. The highest BCUT2D eigenvalue weighted by Gasteiger charge is 2.22. The summed E-state index contributed by atoms with van der Waals surface area (Å²) >= 11 is 0. The predicted octanol–water partition coefficient (Wildman–Crippen LogP) is 2.63. The molecule has 1 aromatic carbocycles. The minimum Gasteiger partial charge on any atom is -0.368 e. The average Bonchev–Trinajstić information content (AvgIpc) is 2.77. The van der Waals surface area contributed by atoms with Crippen LogP contribution in [-0.4, -0.2) is 30.2 Å². The molecule has 0 spiro atoms. The van der Waals surface area contributed by atoms with Crippen LogP contribution in [0.15, 0.2) is 42.7 Å². The second kappa shape index (κ2) is 4.92. The van der Waals surface area contributed by atoms with E-state index >= 15 is 0 Å². The Hall–Kier alpha value is -1.64. The third kappa shape index (κ3) is 3.19. The monoisotopic (exact) mass is 245 g/mol. The highest BCUT2D eigenvalue weighted by Crippen LogP contribution is 2.19. The quantitative estimate of drug-likeness (QED) is 0.883. The van der Waals surface area contributed by atoms with E-state index in [9.17, 15) is 0 Å². The lowest BCUT2D eigenvalue weighted by Crippen LogP contribution is -2.41. The van der Waals surface area contributed by atoms with E-state index < -0.39 is 0 Å². The number of nitrogens with one attached hydrogen (secondary N) is 1. The molecule has 0 atom stereocenters. The van der Waals surface area contributed by atoms with Crippen molar-refractivity contribution in [1.29, 1.82) is 0 Å². The van der Waals surface area contributed by atoms with Gasteiger partial charge in [-0.15, -0.1) is 0 Å². The summed E-state index contributed by atoms with van der Waals surface area (Å²) in [6, 6.07) is 10.5. The Morgan fingerprint density at radius 3 is 2.44 bits per heavy atom. The number of para-hydroxylation sites is 1. The highest BCUT2D eigenvalue weighted by molar-refractivity contribution is 5.46. The SMILES string of the molecule is C=C(NC(C)(C)C)N1CCN(c2ccccc2)C1. The van der Waals surface area contributed by atoms with Crippen molar-refractivity contribution in [3.8, 4) is 0 Å². The van der Waals surface area contributed by atoms with E-state index in [1.165, 1.54) is 5.69 Å². The van der Waals surface area contributed by atoms with Crippen molar-refractivity contribution in [3.63, 3.8) is 0 Å². The Balaban J connectivity index is 1.95. The van der Waals surface area contributed by atoms with Crippen LogP contribution in [0.3, 0.4) is 0 Å². The smallest absolute Gasteiger partial charge is 0.0957 e. The molecule has 1 aromatic rings. The lowest BCUT2D eigenvalue weighted by Gasteiger charge is -2.30. The molecule has 1 saturated heterocycles. The molecule has 0 radical (unpaired) electrons. The van der Waals surface area contributed by atoms with Crippen LogP contribution in [0.25, 0.3) is 0 Å². The fourth-order valence-corrected chi connectivity index (χ4v) is 2.17. The molecule has 0 aromatic heterocycles. The second-order valence-electron chi connectivity index (χ2n) is 5.83. The molecule has 0 aliphatic carbocycles. The van der Waals surface area contributed by atoms with Crippen LogP contribution in [0, 0.1) is 0 Å². The Bertz CT molecular complexity index is 405. The largest absolute Gasteiger partial charge is 0.368 e. The van der Waals surface area contributed by atoms with Crippen LogP contribution in [0.1, 0.15) is 20.8 Å². The van der Waals surface area contributed by atoms with Crippen LogP contribution in [0.5, 0.6) is 0 Å². The predicted molar refractivity (Wildman–Crippen MR) is 77.4 cm³/mol. The number of anilines is 1. The van der Waals surface area contributed by atoms with E-state index in [-0.39, 0.29) is 5.54 Å². The summed E-state index contributed by atoms with van der Waals surface area (Å²) in [5, 5.41) is 3.44. The molecule has 3 nitrogen and oxygen atoms in total. The minimum atomic E-state index is 0.0667. The number of hydrogen-bond acceptors (Lipinski definition) is 3. The standard InChI is InChI=1S/C15H23N3/c1-13(16-15(2,3)4)17-10-11-18(12-17)14-8-6-5-7-9-14/h5-9,16H,1,10-12H2,2-4H3. The number of nitrogens with zero attached hydrogens (tertiary/aromatic N) is 2. The molecule has 3 heteroatoms. The van der Waals surface area contributed by atoms with E-state index in [0.29, 0.717) is 0 Å². The lowest BCUT2D eigenvalue weighted by molar-refractivity contribution is 0.342. The molecule has 98 valence electrons. The lowest BCUT2D eigenvalue weighted by atomic mass is 10.1. The fourth-order valence-electron chi connectivity index (χ4n) is 2.17. The van der Waals surface area contributed by atoms with E-state index in [4.69, 9.17) is 0 Å². The molecule has 1 N–H and O–H groups in total. The summed E-state index contributed by atoms with van der Waals surface area (Å²) in [5.41, 5.74) is 1.35. The van der Waals surface area contributed by atoms with Crippen molar-refractivity contribution >= 4 is 5.69 Å². The summed E-state index contributed by atoms with van der Waals surface area (Å²) < 4.78 is 0. The normalized spacial score (nSPS) is 15.9. The summed E-state index contributed by atoms with van der Waals surface area (Å²) in [5.74, 6) is 1.01. The molecular weight excluding hydrogens is 222 g/mol. The van der Waals surface area contributed by atoms with Crippen molar-refractivity contribution in [1.82, 2.24) is 10.2 Å². The summed E-state index contributed by atoms with van der Waals surface area (Å²) in [7, 11) is 0. The third-order valence-corrected chi connectivity index (χ3v) is 3.00. The van der Waals surface area contributed by atoms with E-state index in [1.807, 2.05) is 0 Å². The maximum atomic E-state index is 4.14. The highest BCUT2D eigenvalue weighted by atomic mass is 15.4. The molecule has 1 aliphatic heterocycles. The minimum absolute atomic E-state index is 0.0667. The van der Waals surface area contributed by atoms with Crippen molar-refractivity contribution in [2.75, 3.05) is 24.7 Å². The van der Waals surface area contributed by atoms with Gasteiger partial charge in [0.2, 0.25) is 0 Å². The van der Waals surface area contributed by atoms with Crippen LogP contribution >= 0.6 is 0 Å². The van der Waals surface area contributed by atoms with Gasteiger partial charge in [0, 0.05) is 24.3 Å². The zero-order chi connectivity index (χ0) is 13.2. The van der Waals surface area contributed by atoms with E-state index in [1.54, 1.807) is 0 Å². The van der Waals surface area contributed by atoms with Gasteiger partial charge in [-0.1, -0.05) is 24.8 Å². The zero-order valence-corrected chi connectivity index (χ0v) is 11.6. The van der Waals surface area contributed by atoms with Crippen molar-refractivity contribution in [2.45, 2.75) is 26.3 Å². The van der Waals surface area contributed by atoms with Crippen molar-refractivity contribution in [3.05, 3.63) is 42.7 Å². The van der Waals surface area contributed by atoms with Crippen molar-refractivity contribution < 1.29 is 0 Å². The molecule has 0 unspecified atom stereocenters. The van der Waals surface area contributed by atoms with Gasteiger partial charge in [-0.25, -0.2) is 0 Å². The second-order valence-corrected chi connectivity index (χ2v) is 5.83. The molecule has 1 aliphatic rings. The Kier molecular flexibility index (Phi) is 3.50. The van der Waals surface area contributed by atoms with Gasteiger partial charge < -0.3 is 15.1 Å². The third-order valence-electron chi connectivity index (χ3n) is 3.00. The topological polar surface area (TPSA) is 18.5 Å². The summed E-state index contributed by atoms with van der Waals surface area (Å²) in [4.78, 5) is 4.66. The summed E-state index contributed by atoms with van der Waals surface area (Å²) in [6.07, 6.45) is 0. The maximum absolute atomic E-state index is 4.14. The Morgan fingerprint density at radius 1 is 1.17 bits per heavy atom. The fraction of sp³-hybridized carbons (Fsp3) is 0.467. The first-order valence-corrected chi connectivity index (χ1v) is 6.48. The molecule has 18 heavy (non-hydrogen) atoms. The molecule has 1 fully saturated rings. The Morgan fingerprint density at radius 2 is 1.83 bits per heavy atom. The van der Waals surface area contributed by atoms with Crippen LogP contribution in [0.2, 0.25) is 0 Å². The van der Waals surface area contributed by atoms with Crippen LogP contribution < -0.4 is 10.2 Å². The van der Waals surface area contributed by atoms with Crippen molar-refractivity contribution in [2.24, 2.45) is 0 Å². The maximum Gasteiger partial charge on any atom is 0.0957 e. The number of benzene rings is 1. The van der Waals surface area contributed by atoms with E-state index in [0.717, 1.165) is 25.6 Å². The molecule has 0 bridgehead atoms. The van der Waals surface area contributed by atoms with Crippen LogP contribution in [0.4, 0.5) is 5.69 Å². The molecular formula is C15H23N3.